The van der Waals surface area contributed by atoms with Crippen LogP contribution in [0.2, 0.25) is 0 Å². The van der Waals surface area contributed by atoms with Crippen LogP contribution >= 0.6 is 0 Å². The number of nitrogens with one attached hydrogen (secondary N) is 2. The molecule has 1 aromatic heterocycles. The fraction of sp³-hybridized carbons (Fsp3) is 0.640. The first-order valence-corrected chi connectivity index (χ1v) is 12.2. The van der Waals surface area contributed by atoms with Crippen molar-refractivity contribution in [2.45, 2.75) is 52.6 Å². The minimum Gasteiger partial charge on any atom is -0.480 e. The van der Waals surface area contributed by atoms with Crippen molar-refractivity contribution in [1.29, 1.82) is 0 Å². The van der Waals surface area contributed by atoms with E-state index in [2.05, 4.69) is 48.2 Å². The monoisotopic (exact) mass is 452 g/mol. The summed E-state index contributed by atoms with van der Waals surface area (Å²) in [5.74, 6) is 3.00. The maximum atomic E-state index is 12.5. The van der Waals surface area contributed by atoms with E-state index in [9.17, 15) is 9.90 Å². The van der Waals surface area contributed by atoms with Gasteiger partial charge in [0, 0.05) is 38.8 Å². The van der Waals surface area contributed by atoms with E-state index < -0.39 is 0 Å². The highest BCUT2D eigenvalue weighted by atomic mass is 16.3. The van der Waals surface area contributed by atoms with E-state index in [1.807, 2.05) is 6.07 Å². The summed E-state index contributed by atoms with van der Waals surface area (Å²) in [6.45, 7) is 12.1. The van der Waals surface area contributed by atoms with Gasteiger partial charge in [-0.3, -0.25) is 9.36 Å². The molecule has 4 fully saturated rings. The van der Waals surface area contributed by atoms with Crippen LogP contribution < -0.4 is 16.2 Å². The molecule has 1 saturated heterocycles. The Labute approximate surface area is 195 Å². The van der Waals surface area contributed by atoms with Crippen LogP contribution in [0.4, 0.5) is 5.69 Å². The average molecular weight is 453 g/mol. The molecule has 0 spiro atoms. The van der Waals surface area contributed by atoms with Gasteiger partial charge in [0.25, 0.3) is 11.6 Å². The molecule has 178 valence electrons. The topological polar surface area (TPSA) is 94.8 Å². The number of piperazine rings is 1. The number of guanidine groups is 1. The number of aliphatic imine (C=N–C) groups is 1. The molecule has 0 amide bonds. The number of hydrogen-bond acceptors (Lipinski definition) is 5. The molecule has 3 aliphatic carbocycles. The third-order valence-corrected chi connectivity index (χ3v) is 8.61. The lowest BCUT2D eigenvalue weighted by atomic mass is 9.45. The standard InChI is InChI=1S/C25H36N6O2/c1-14-13-31(9-8-26-14)23(28-20-11-16-10-19(15(20)2)25(16,3)4)27-17-6-7-18-21(12-17)29-24(33)30(5)22(18)32/h6-7,12,14-16,19-20,26H,8-11,13H2,1-5H3,(H,27,28)(H,29,33)/t14-,15+,16-,19-,20-/m0/s1. The van der Waals surface area contributed by atoms with Crippen molar-refractivity contribution in [2.24, 2.45) is 35.2 Å². The van der Waals surface area contributed by atoms with Gasteiger partial charge < -0.3 is 20.6 Å². The van der Waals surface area contributed by atoms with Crippen LogP contribution in [0, 0.1) is 23.2 Å². The highest BCUT2D eigenvalue weighted by molar-refractivity contribution is 5.86. The molecule has 8 heteroatoms. The smallest absolute Gasteiger partial charge is 0.296 e. The second-order valence-corrected chi connectivity index (χ2v) is 10.9. The van der Waals surface area contributed by atoms with Crippen LogP contribution in [0.25, 0.3) is 10.9 Å². The first-order chi connectivity index (χ1) is 15.6. The van der Waals surface area contributed by atoms with Crippen molar-refractivity contribution in [3.8, 4) is 6.01 Å². The Hall–Kier alpha value is -2.61. The Morgan fingerprint density at radius 3 is 2.79 bits per heavy atom. The van der Waals surface area contributed by atoms with E-state index in [0.717, 1.165) is 47.7 Å². The summed E-state index contributed by atoms with van der Waals surface area (Å²) in [5, 5.41) is 17.8. The van der Waals surface area contributed by atoms with Gasteiger partial charge in [0.05, 0.1) is 16.6 Å². The highest BCUT2D eigenvalue weighted by Gasteiger charge is 2.56. The number of nitrogens with zero attached hydrogens (tertiary/aromatic N) is 4. The molecule has 1 aliphatic heterocycles. The van der Waals surface area contributed by atoms with E-state index in [1.165, 1.54) is 19.9 Å². The summed E-state index contributed by atoms with van der Waals surface area (Å²) in [7, 11) is 1.51. The fourth-order valence-corrected chi connectivity index (χ4v) is 6.26. The predicted octanol–water partition coefficient (Wildman–Crippen LogP) is 2.58. The Balaban J connectivity index is 1.48. The number of aromatic hydroxyl groups is 1. The van der Waals surface area contributed by atoms with Crippen molar-refractivity contribution < 1.29 is 5.11 Å². The van der Waals surface area contributed by atoms with Crippen molar-refractivity contribution in [2.75, 3.05) is 19.6 Å². The fourth-order valence-electron chi connectivity index (χ4n) is 6.26. The third kappa shape index (κ3) is 3.78. The molecule has 4 aliphatic rings. The summed E-state index contributed by atoms with van der Waals surface area (Å²) in [5.41, 5.74) is 1.36. The van der Waals surface area contributed by atoms with E-state index in [4.69, 9.17) is 4.99 Å². The van der Waals surface area contributed by atoms with Crippen molar-refractivity contribution >= 4 is 22.5 Å². The first-order valence-electron chi connectivity index (χ1n) is 12.2. The summed E-state index contributed by atoms with van der Waals surface area (Å²) < 4.78 is 1.15. The molecule has 6 rings (SSSR count). The summed E-state index contributed by atoms with van der Waals surface area (Å²) >= 11 is 0. The van der Waals surface area contributed by atoms with E-state index in [1.54, 1.807) is 12.1 Å². The van der Waals surface area contributed by atoms with Crippen LogP contribution in [-0.2, 0) is 7.05 Å². The zero-order chi connectivity index (χ0) is 23.5. The predicted molar refractivity (Wildman–Crippen MR) is 131 cm³/mol. The van der Waals surface area contributed by atoms with Crippen molar-refractivity contribution in [1.82, 2.24) is 25.1 Å². The molecule has 2 heterocycles. The number of benzene rings is 1. The SMILES string of the molecule is C[C@H]1[C@@H](NC(=Nc2ccc3c(=O)n(C)c(O)nc3c2)N2CCN[C@@H](C)C2)C[C@@H]2C[C@@H]1C2(C)C. The molecular weight excluding hydrogens is 416 g/mol. The molecule has 2 aromatic rings. The molecule has 3 saturated carbocycles. The first kappa shape index (κ1) is 22.2. The number of rotatable bonds is 2. The summed E-state index contributed by atoms with van der Waals surface area (Å²) in [4.78, 5) is 24.0. The Morgan fingerprint density at radius 2 is 2.09 bits per heavy atom. The van der Waals surface area contributed by atoms with Crippen LogP contribution in [0.3, 0.4) is 0 Å². The highest BCUT2D eigenvalue weighted by Crippen LogP contribution is 2.61. The number of aromatic nitrogens is 2. The minimum atomic E-state index is -0.291. The second kappa shape index (κ2) is 8.01. The van der Waals surface area contributed by atoms with E-state index in [-0.39, 0.29) is 11.6 Å². The average Bonchev–Trinajstić information content (AvgIpc) is 2.77. The zero-order valence-corrected chi connectivity index (χ0v) is 20.3. The maximum absolute atomic E-state index is 12.5. The van der Waals surface area contributed by atoms with Crippen LogP contribution in [-0.4, -0.2) is 57.2 Å². The normalized spacial score (nSPS) is 31.4. The van der Waals surface area contributed by atoms with Gasteiger partial charge in [-0.25, -0.2) is 4.99 Å². The molecule has 1 aromatic carbocycles. The second-order valence-electron chi connectivity index (χ2n) is 10.9. The van der Waals surface area contributed by atoms with Crippen molar-refractivity contribution in [3.05, 3.63) is 28.6 Å². The number of fused-ring (bicyclic) bond motifs is 3. The quantitative estimate of drug-likeness (QED) is 0.479. The molecule has 8 nitrogen and oxygen atoms in total. The van der Waals surface area contributed by atoms with Gasteiger partial charge in [-0.2, -0.15) is 4.98 Å². The summed E-state index contributed by atoms with van der Waals surface area (Å²) in [6, 6.07) is 5.90. The van der Waals surface area contributed by atoms with Crippen molar-refractivity contribution in [3.63, 3.8) is 0 Å². The van der Waals surface area contributed by atoms with Crippen LogP contribution in [0.1, 0.15) is 40.5 Å². The molecule has 33 heavy (non-hydrogen) atoms. The third-order valence-electron chi connectivity index (χ3n) is 8.61. The lowest BCUT2D eigenvalue weighted by Gasteiger charge is -2.62. The molecule has 3 N–H and O–H groups in total. The molecule has 2 bridgehead atoms. The minimum absolute atomic E-state index is 0.264. The number of hydrogen-bond donors (Lipinski definition) is 3. The van der Waals surface area contributed by atoms with E-state index in [0.29, 0.717) is 34.3 Å². The Kier molecular flexibility index (Phi) is 5.39. The molecular formula is C25H36N6O2. The summed E-state index contributed by atoms with van der Waals surface area (Å²) in [6.07, 6.45) is 2.52. The van der Waals surface area contributed by atoms with Gasteiger partial charge >= 0.3 is 0 Å². The largest absolute Gasteiger partial charge is 0.480 e. The Bertz CT molecular complexity index is 1160. The van der Waals surface area contributed by atoms with Gasteiger partial charge in [-0.05, 0) is 61.1 Å². The van der Waals surface area contributed by atoms with Crippen LogP contribution in [0.5, 0.6) is 6.01 Å². The molecule has 0 radical (unpaired) electrons. The zero-order valence-electron chi connectivity index (χ0n) is 20.3. The van der Waals surface area contributed by atoms with Gasteiger partial charge in [0.15, 0.2) is 5.96 Å². The van der Waals surface area contributed by atoms with Crippen LogP contribution in [0.15, 0.2) is 28.0 Å². The van der Waals surface area contributed by atoms with Gasteiger partial charge in [-0.15, -0.1) is 0 Å². The van der Waals surface area contributed by atoms with Gasteiger partial charge in [-0.1, -0.05) is 20.8 Å². The lowest BCUT2D eigenvalue weighted by Crippen LogP contribution is -2.63. The Morgan fingerprint density at radius 1 is 1.30 bits per heavy atom. The lowest BCUT2D eigenvalue weighted by molar-refractivity contribution is -0.112. The maximum Gasteiger partial charge on any atom is 0.296 e. The van der Waals surface area contributed by atoms with Gasteiger partial charge in [0.1, 0.15) is 0 Å². The van der Waals surface area contributed by atoms with Gasteiger partial charge in [0.2, 0.25) is 0 Å². The van der Waals surface area contributed by atoms with E-state index >= 15 is 0 Å². The molecule has 5 atom stereocenters. The molecule has 0 unspecified atom stereocenters.